The van der Waals surface area contributed by atoms with E-state index in [2.05, 4.69) is 40.3 Å². The molecule has 20 heavy (non-hydrogen) atoms. The standard InChI is InChI=1S/C15H12ClN3S/c1-9-13(17)14(19-15(16)18-9)20-12-7-6-10-4-2-3-5-11(10)8-12/h2-8H,17H2,1H3. The van der Waals surface area contributed by atoms with Crippen molar-refractivity contribution in [3.8, 4) is 0 Å². The van der Waals surface area contributed by atoms with Gasteiger partial charge in [0.25, 0.3) is 0 Å². The Morgan fingerprint density at radius 1 is 1.05 bits per heavy atom. The van der Waals surface area contributed by atoms with Crippen LogP contribution in [-0.4, -0.2) is 9.97 Å². The summed E-state index contributed by atoms with van der Waals surface area (Å²) in [6.45, 7) is 1.83. The normalized spacial score (nSPS) is 10.9. The second kappa shape index (κ2) is 5.31. The molecule has 0 aliphatic carbocycles. The number of benzene rings is 2. The van der Waals surface area contributed by atoms with E-state index in [4.69, 9.17) is 17.3 Å². The van der Waals surface area contributed by atoms with Crippen LogP contribution >= 0.6 is 23.4 Å². The predicted molar refractivity (Wildman–Crippen MR) is 84.3 cm³/mol. The molecule has 0 saturated heterocycles. The summed E-state index contributed by atoms with van der Waals surface area (Å²) in [5.74, 6) is 0. The number of hydrogen-bond acceptors (Lipinski definition) is 4. The highest BCUT2D eigenvalue weighted by molar-refractivity contribution is 7.99. The summed E-state index contributed by atoms with van der Waals surface area (Å²) in [5, 5.41) is 3.31. The van der Waals surface area contributed by atoms with Crippen LogP contribution in [-0.2, 0) is 0 Å². The van der Waals surface area contributed by atoms with Gasteiger partial charge in [0.05, 0.1) is 11.4 Å². The van der Waals surface area contributed by atoms with Gasteiger partial charge in [0.2, 0.25) is 5.28 Å². The number of rotatable bonds is 2. The fourth-order valence-electron chi connectivity index (χ4n) is 1.94. The molecule has 2 aromatic carbocycles. The van der Waals surface area contributed by atoms with Gasteiger partial charge in [0.15, 0.2) is 0 Å². The molecule has 0 aliphatic rings. The molecule has 0 spiro atoms. The summed E-state index contributed by atoms with van der Waals surface area (Å²) in [4.78, 5) is 9.32. The highest BCUT2D eigenvalue weighted by Crippen LogP contribution is 2.33. The Bertz CT molecular complexity index is 789. The number of fused-ring (bicyclic) bond motifs is 1. The lowest BCUT2D eigenvalue weighted by molar-refractivity contribution is 1.02. The Kier molecular flexibility index (Phi) is 3.51. The fraction of sp³-hybridized carbons (Fsp3) is 0.0667. The van der Waals surface area contributed by atoms with Gasteiger partial charge in [-0.05, 0) is 41.4 Å². The summed E-state index contributed by atoms with van der Waals surface area (Å²) in [6.07, 6.45) is 0. The molecule has 0 atom stereocenters. The molecule has 0 unspecified atom stereocenters. The van der Waals surface area contributed by atoms with Crippen molar-refractivity contribution >= 4 is 39.8 Å². The Morgan fingerprint density at radius 2 is 1.80 bits per heavy atom. The van der Waals surface area contributed by atoms with Gasteiger partial charge in [-0.3, -0.25) is 0 Å². The number of halogens is 1. The van der Waals surface area contributed by atoms with Crippen LogP contribution in [0.5, 0.6) is 0 Å². The summed E-state index contributed by atoms with van der Waals surface area (Å²) in [7, 11) is 0. The first-order chi connectivity index (χ1) is 9.63. The maximum Gasteiger partial charge on any atom is 0.223 e. The monoisotopic (exact) mass is 301 g/mol. The fourth-order valence-corrected chi connectivity index (χ4v) is 3.14. The van der Waals surface area contributed by atoms with Crippen molar-refractivity contribution in [3.63, 3.8) is 0 Å². The third kappa shape index (κ3) is 2.57. The molecule has 1 aromatic heterocycles. The van der Waals surface area contributed by atoms with E-state index >= 15 is 0 Å². The highest BCUT2D eigenvalue weighted by Gasteiger charge is 2.09. The number of aryl methyl sites for hydroxylation is 1. The van der Waals surface area contributed by atoms with Crippen molar-refractivity contribution in [1.82, 2.24) is 9.97 Å². The number of anilines is 1. The van der Waals surface area contributed by atoms with Gasteiger partial charge in [-0.25, -0.2) is 9.97 Å². The van der Waals surface area contributed by atoms with Crippen molar-refractivity contribution in [1.29, 1.82) is 0 Å². The lowest BCUT2D eigenvalue weighted by Crippen LogP contribution is -1.99. The molecule has 3 rings (SSSR count). The van der Waals surface area contributed by atoms with Gasteiger partial charge < -0.3 is 5.73 Å². The van der Waals surface area contributed by atoms with Gasteiger partial charge in [-0.15, -0.1) is 0 Å². The molecular weight excluding hydrogens is 290 g/mol. The van der Waals surface area contributed by atoms with Gasteiger partial charge >= 0.3 is 0 Å². The van der Waals surface area contributed by atoms with Gasteiger partial charge in [-0.2, -0.15) is 0 Å². The molecule has 0 saturated carbocycles. The average molecular weight is 302 g/mol. The molecule has 100 valence electrons. The molecule has 0 amide bonds. The zero-order valence-electron chi connectivity index (χ0n) is 10.8. The first kappa shape index (κ1) is 13.2. The number of nitrogens with zero attached hydrogens (tertiary/aromatic N) is 2. The maximum absolute atomic E-state index is 6.01. The minimum atomic E-state index is 0.222. The van der Waals surface area contributed by atoms with Gasteiger partial charge in [-0.1, -0.05) is 42.1 Å². The van der Waals surface area contributed by atoms with E-state index in [-0.39, 0.29) is 5.28 Å². The van der Waals surface area contributed by atoms with E-state index in [9.17, 15) is 0 Å². The summed E-state index contributed by atoms with van der Waals surface area (Å²) in [6, 6.07) is 14.5. The van der Waals surface area contributed by atoms with Crippen LogP contribution in [0.1, 0.15) is 5.69 Å². The quantitative estimate of drug-likeness (QED) is 0.565. The zero-order valence-corrected chi connectivity index (χ0v) is 12.4. The van der Waals surface area contributed by atoms with Crippen LogP contribution in [0, 0.1) is 6.92 Å². The van der Waals surface area contributed by atoms with Crippen molar-refractivity contribution < 1.29 is 0 Å². The molecule has 3 aromatic rings. The SMILES string of the molecule is Cc1nc(Cl)nc(Sc2ccc3ccccc3c2)c1N. The molecule has 0 bridgehead atoms. The Morgan fingerprint density at radius 3 is 2.60 bits per heavy atom. The third-order valence-corrected chi connectivity index (χ3v) is 4.17. The maximum atomic E-state index is 6.01. The number of nitrogens with two attached hydrogens (primary N) is 1. The molecule has 0 radical (unpaired) electrons. The first-order valence-corrected chi connectivity index (χ1v) is 7.29. The lowest BCUT2D eigenvalue weighted by Gasteiger charge is -2.07. The molecule has 5 heteroatoms. The zero-order chi connectivity index (χ0) is 14.1. The molecule has 2 N–H and O–H groups in total. The molecule has 1 heterocycles. The van der Waals surface area contributed by atoms with Crippen molar-refractivity contribution in [2.45, 2.75) is 16.8 Å². The molecule has 0 fully saturated rings. The van der Waals surface area contributed by atoms with Gasteiger partial charge in [0.1, 0.15) is 5.03 Å². The van der Waals surface area contributed by atoms with Crippen LogP contribution < -0.4 is 5.73 Å². The second-order valence-corrected chi connectivity index (χ2v) is 5.81. The van der Waals surface area contributed by atoms with E-state index in [1.54, 1.807) is 0 Å². The molecule has 0 aliphatic heterocycles. The minimum Gasteiger partial charge on any atom is -0.395 e. The van der Waals surface area contributed by atoms with Crippen molar-refractivity contribution in [2.24, 2.45) is 0 Å². The van der Waals surface area contributed by atoms with Crippen LogP contribution in [0.3, 0.4) is 0 Å². The highest BCUT2D eigenvalue weighted by atomic mass is 35.5. The van der Waals surface area contributed by atoms with Crippen LogP contribution in [0.25, 0.3) is 10.8 Å². The first-order valence-electron chi connectivity index (χ1n) is 6.10. The van der Waals surface area contributed by atoms with Crippen LogP contribution in [0.4, 0.5) is 5.69 Å². The molecule has 3 nitrogen and oxygen atoms in total. The topological polar surface area (TPSA) is 51.8 Å². The van der Waals surface area contributed by atoms with Crippen LogP contribution in [0.15, 0.2) is 52.4 Å². The largest absolute Gasteiger partial charge is 0.395 e. The summed E-state index contributed by atoms with van der Waals surface area (Å²) in [5.41, 5.74) is 7.29. The van der Waals surface area contributed by atoms with Gasteiger partial charge in [0, 0.05) is 4.90 Å². The minimum absolute atomic E-state index is 0.222. The van der Waals surface area contributed by atoms with E-state index in [1.807, 2.05) is 19.1 Å². The summed E-state index contributed by atoms with van der Waals surface area (Å²) < 4.78 is 0. The predicted octanol–water partition coefficient (Wildman–Crippen LogP) is 4.33. The van der Waals surface area contributed by atoms with E-state index in [1.165, 1.54) is 22.5 Å². The average Bonchev–Trinajstić information content (AvgIpc) is 2.44. The molecular formula is C15H12ClN3S. The number of aromatic nitrogens is 2. The Balaban J connectivity index is 2.01. The van der Waals surface area contributed by atoms with Crippen LogP contribution in [0.2, 0.25) is 5.28 Å². The second-order valence-electron chi connectivity index (χ2n) is 4.41. The smallest absolute Gasteiger partial charge is 0.223 e. The third-order valence-electron chi connectivity index (χ3n) is 3.01. The van der Waals surface area contributed by atoms with E-state index < -0.39 is 0 Å². The van der Waals surface area contributed by atoms with E-state index in [0.29, 0.717) is 16.4 Å². The Hall–Kier alpha value is -1.78. The van der Waals surface area contributed by atoms with Crippen molar-refractivity contribution in [2.75, 3.05) is 5.73 Å². The van der Waals surface area contributed by atoms with Crippen molar-refractivity contribution in [3.05, 3.63) is 53.4 Å². The van der Waals surface area contributed by atoms with E-state index in [0.717, 1.165) is 4.90 Å². The Labute approximate surface area is 126 Å². The lowest BCUT2D eigenvalue weighted by atomic mass is 10.1. The number of nitrogen functional groups attached to an aromatic ring is 1. The summed E-state index contributed by atoms with van der Waals surface area (Å²) >= 11 is 7.39. The number of hydrogen-bond donors (Lipinski definition) is 1.